The number of amides is 2. The zero-order valence-electron chi connectivity index (χ0n) is 11.0. The maximum atomic E-state index is 11.6. The molecular formula is C15H18N2O2. The van der Waals surface area contributed by atoms with E-state index in [9.17, 15) is 4.79 Å². The van der Waals surface area contributed by atoms with E-state index in [1.165, 1.54) is 5.56 Å². The van der Waals surface area contributed by atoms with E-state index in [0.29, 0.717) is 13.1 Å². The monoisotopic (exact) mass is 258 g/mol. The third-order valence-electron chi connectivity index (χ3n) is 2.95. The van der Waals surface area contributed by atoms with E-state index in [0.717, 1.165) is 17.7 Å². The molecule has 4 nitrogen and oxygen atoms in total. The van der Waals surface area contributed by atoms with Crippen LogP contribution < -0.4 is 10.6 Å². The number of rotatable bonds is 5. The van der Waals surface area contributed by atoms with Gasteiger partial charge in [-0.2, -0.15) is 0 Å². The Hall–Kier alpha value is -2.23. The minimum atomic E-state index is -0.156. The normalized spacial score (nSPS) is 10.2. The lowest BCUT2D eigenvalue weighted by Crippen LogP contribution is -2.36. The van der Waals surface area contributed by atoms with E-state index in [1.807, 2.05) is 31.2 Å². The van der Waals surface area contributed by atoms with Gasteiger partial charge < -0.3 is 15.1 Å². The van der Waals surface area contributed by atoms with Gasteiger partial charge in [-0.1, -0.05) is 30.3 Å². The number of benzene rings is 1. The molecule has 0 aliphatic rings. The Kier molecular flexibility index (Phi) is 4.61. The zero-order chi connectivity index (χ0) is 13.5. The molecule has 1 aromatic carbocycles. The van der Waals surface area contributed by atoms with Crippen LogP contribution in [0.5, 0.6) is 0 Å². The predicted molar refractivity (Wildman–Crippen MR) is 73.8 cm³/mol. The summed E-state index contributed by atoms with van der Waals surface area (Å²) in [7, 11) is 0. The van der Waals surface area contributed by atoms with E-state index < -0.39 is 0 Å². The molecule has 4 heteroatoms. The second-order valence-corrected chi connectivity index (χ2v) is 4.35. The summed E-state index contributed by atoms with van der Waals surface area (Å²) in [6.07, 6.45) is 2.46. The van der Waals surface area contributed by atoms with Crippen LogP contribution in [-0.4, -0.2) is 12.6 Å². The lowest BCUT2D eigenvalue weighted by Gasteiger charge is -2.07. The van der Waals surface area contributed by atoms with Gasteiger partial charge in [-0.05, 0) is 25.0 Å². The molecule has 0 spiro atoms. The van der Waals surface area contributed by atoms with Crippen LogP contribution >= 0.6 is 0 Å². The van der Waals surface area contributed by atoms with E-state index >= 15 is 0 Å². The molecule has 19 heavy (non-hydrogen) atoms. The Morgan fingerprint density at radius 1 is 1.16 bits per heavy atom. The van der Waals surface area contributed by atoms with E-state index in [-0.39, 0.29) is 6.03 Å². The molecule has 0 saturated carbocycles. The first-order chi connectivity index (χ1) is 9.25. The largest absolute Gasteiger partial charge is 0.469 e. The number of urea groups is 1. The highest BCUT2D eigenvalue weighted by Crippen LogP contribution is 2.07. The molecule has 2 rings (SSSR count). The molecule has 0 fully saturated rings. The number of hydrogen-bond donors (Lipinski definition) is 2. The van der Waals surface area contributed by atoms with Gasteiger partial charge in [0.05, 0.1) is 6.26 Å². The van der Waals surface area contributed by atoms with Gasteiger partial charge in [0.2, 0.25) is 0 Å². The summed E-state index contributed by atoms with van der Waals surface area (Å²) in [4.78, 5) is 11.6. The van der Waals surface area contributed by atoms with Crippen LogP contribution in [0.15, 0.2) is 47.1 Å². The van der Waals surface area contributed by atoms with Crippen molar-refractivity contribution in [3.05, 3.63) is 59.5 Å². The van der Waals surface area contributed by atoms with Gasteiger partial charge in [0.15, 0.2) is 0 Å². The molecule has 0 atom stereocenters. The third kappa shape index (κ3) is 4.17. The quantitative estimate of drug-likeness (QED) is 0.866. The summed E-state index contributed by atoms with van der Waals surface area (Å²) in [6, 6.07) is 11.8. The van der Waals surface area contributed by atoms with Crippen LogP contribution in [0.25, 0.3) is 0 Å². The van der Waals surface area contributed by atoms with Crippen LogP contribution in [0.4, 0.5) is 4.79 Å². The lowest BCUT2D eigenvalue weighted by molar-refractivity contribution is 0.240. The predicted octanol–water partition coefficient (Wildman–Crippen LogP) is 2.63. The van der Waals surface area contributed by atoms with Crippen LogP contribution in [0.2, 0.25) is 0 Å². The van der Waals surface area contributed by atoms with Crippen LogP contribution in [-0.2, 0) is 13.0 Å². The van der Waals surface area contributed by atoms with Gasteiger partial charge in [-0.15, -0.1) is 0 Å². The van der Waals surface area contributed by atoms with Crippen molar-refractivity contribution < 1.29 is 9.21 Å². The van der Waals surface area contributed by atoms with Crippen molar-refractivity contribution in [3.63, 3.8) is 0 Å². The van der Waals surface area contributed by atoms with Crippen molar-refractivity contribution >= 4 is 6.03 Å². The van der Waals surface area contributed by atoms with Crippen molar-refractivity contribution in [2.75, 3.05) is 6.54 Å². The first-order valence-corrected chi connectivity index (χ1v) is 6.34. The summed E-state index contributed by atoms with van der Waals surface area (Å²) in [5, 5.41) is 5.63. The topological polar surface area (TPSA) is 54.3 Å². The number of carbonyl (C=O) groups excluding carboxylic acids is 1. The molecule has 0 radical (unpaired) electrons. The van der Waals surface area contributed by atoms with Crippen LogP contribution in [0.1, 0.15) is 16.9 Å². The van der Waals surface area contributed by atoms with Gasteiger partial charge in [-0.25, -0.2) is 4.79 Å². The summed E-state index contributed by atoms with van der Waals surface area (Å²) in [6.45, 7) is 2.99. The van der Waals surface area contributed by atoms with Crippen LogP contribution in [0.3, 0.4) is 0 Å². The van der Waals surface area contributed by atoms with Crippen molar-refractivity contribution in [1.82, 2.24) is 10.6 Å². The summed E-state index contributed by atoms with van der Waals surface area (Å²) >= 11 is 0. The fourth-order valence-corrected chi connectivity index (χ4v) is 1.80. The summed E-state index contributed by atoms with van der Waals surface area (Å²) in [5.74, 6) is 0.838. The first-order valence-electron chi connectivity index (χ1n) is 6.34. The van der Waals surface area contributed by atoms with Crippen LogP contribution in [0, 0.1) is 6.92 Å². The number of carbonyl (C=O) groups is 1. The zero-order valence-corrected chi connectivity index (χ0v) is 11.0. The summed E-state index contributed by atoms with van der Waals surface area (Å²) in [5.41, 5.74) is 2.21. The van der Waals surface area contributed by atoms with Crippen molar-refractivity contribution in [1.29, 1.82) is 0 Å². The molecule has 0 bridgehead atoms. The van der Waals surface area contributed by atoms with E-state index in [1.54, 1.807) is 6.26 Å². The Morgan fingerprint density at radius 2 is 1.95 bits per heavy atom. The number of furan rings is 1. The average Bonchev–Trinajstić information content (AvgIpc) is 2.83. The van der Waals surface area contributed by atoms with Gasteiger partial charge in [0.25, 0.3) is 0 Å². The maximum absolute atomic E-state index is 11.6. The molecule has 2 amide bonds. The molecule has 100 valence electrons. The maximum Gasteiger partial charge on any atom is 0.315 e. The smallest absolute Gasteiger partial charge is 0.315 e. The summed E-state index contributed by atoms with van der Waals surface area (Å²) < 4.78 is 5.16. The standard InChI is InChI=1S/C15H18N2O2/c1-12-14(8-10-19-12)11-17-15(18)16-9-7-13-5-3-2-4-6-13/h2-6,8,10H,7,9,11H2,1H3,(H2,16,17,18). The van der Waals surface area contributed by atoms with Gasteiger partial charge in [0, 0.05) is 18.7 Å². The molecule has 1 aromatic heterocycles. The second kappa shape index (κ2) is 6.64. The molecule has 0 unspecified atom stereocenters. The minimum Gasteiger partial charge on any atom is -0.469 e. The van der Waals surface area contributed by atoms with Crippen molar-refractivity contribution in [2.45, 2.75) is 19.9 Å². The van der Waals surface area contributed by atoms with E-state index in [2.05, 4.69) is 22.8 Å². The van der Waals surface area contributed by atoms with Gasteiger partial charge in [-0.3, -0.25) is 0 Å². The molecule has 2 N–H and O–H groups in total. The molecule has 0 saturated heterocycles. The molecule has 2 aromatic rings. The third-order valence-corrected chi connectivity index (χ3v) is 2.95. The Balaban J connectivity index is 1.66. The average molecular weight is 258 g/mol. The second-order valence-electron chi connectivity index (χ2n) is 4.35. The molecule has 0 aliphatic carbocycles. The highest BCUT2D eigenvalue weighted by molar-refractivity contribution is 5.73. The SMILES string of the molecule is Cc1occc1CNC(=O)NCCc1ccccc1. The molecular weight excluding hydrogens is 240 g/mol. The Labute approximate surface area is 112 Å². The molecule has 1 heterocycles. The van der Waals surface area contributed by atoms with E-state index in [4.69, 9.17) is 4.42 Å². The minimum absolute atomic E-state index is 0.156. The van der Waals surface area contributed by atoms with Gasteiger partial charge >= 0.3 is 6.03 Å². The molecule has 0 aliphatic heterocycles. The Bertz CT molecular complexity index is 520. The number of aryl methyl sites for hydroxylation is 1. The van der Waals surface area contributed by atoms with Crippen molar-refractivity contribution in [3.8, 4) is 0 Å². The number of hydrogen-bond acceptors (Lipinski definition) is 2. The fourth-order valence-electron chi connectivity index (χ4n) is 1.80. The Morgan fingerprint density at radius 3 is 2.63 bits per heavy atom. The number of nitrogens with one attached hydrogen (secondary N) is 2. The first kappa shape index (κ1) is 13.2. The lowest BCUT2D eigenvalue weighted by atomic mass is 10.1. The highest BCUT2D eigenvalue weighted by Gasteiger charge is 2.03. The van der Waals surface area contributed by atoms with Gasteiger partial charge in [0.1, 0.15) is 5.76 Å². The fraction of sp³-hybridized carbons (Fsp3) is 0.267. The highest BCUT2D eigenvalue weighted by atomic mass is 16.3. The van der Waals surface area contributed by atoms with Crippen molar-refractivity contribution in [2.24, 2.45) is 0 Å².